The van der Waals surface area contributed by atoms with E-state index in [4.69, 9.17) is 10.5 Å². The SMILES string of the molecule is NC(=NN=Cc1ccc(F)cc1COCC1CCCCC1)SCc1ccccc1. The molecule has 1 aliphatic carbocycles. The molecule has 0 bridgehead atoms. The second kappa shape index (κ2) is 11.7. The fraction of sp³-hybridized carbons (Fsp3) is 0.391. The summed E-state index contributed by atoms with van der Waals surface area (Å²) < 4.78 is 19.6. The lowest BCUT2D eigenvalue weighted by molar-refractivity contribution is 0.0737. The highest BCUT2D eigenvalue weighted by Crippen LogP contribution is 2.24. The number of rotatable bonds is 8. The number of thioether (sulfide) groups is 1. The molecular weight excluding hydrogens is 385 g/mol. The Morgan fingerprint density at radius 3 is 2.72 bits per heavy atom. The Bertz CT molecular complexity index is 820. The Morgan fingerprint density at radius 2 is 1.93 bits per heavy atom. The van der Waals surface area contributed by atoms with Gasteiger partial charge in [-0.15, -0.1) is 5.10 Å². The zero-order chi connectivity index (χ0) is 20.3. The van der Waals surface area contributed by atoms with Gasteiger partial charge in [0.1, 0.15) is 5.82 Å². The van der Waals surface area contributed by atoms with Crippen LogP contribution in [0, 0.1) is 11.7 Å². The Morgan fingerprint density at radius 1 is 1.14 bits per heavy atom. The maximum Gasteiger partial charge on any atom is 0.180 e. The van der Waals surface area contributed by atoms with E-state index in [1.165, 1.54) is 61.6 Å². The number of ether oxygens (including phenoxy) is 1. The molecule has 2 aromatic carbocycles. The third-order valence-electron chi connectivity index (χ3n) is 5.02. The molecular formula is C23H28FN3OS. The van der Waals surface area contributed by atoms with E-state index in [0.717, 1.165) is 23.5 Å². The van der Waals surface area contributed by atoms with Gasteiger partial charge in [0.25, 0.3) is 0 Å². The molecule has 0 aliphatic heterocycles. The van der Waals surface area contributed by atoms with Gasteiger partial charge in [-0.1, -0.05) is 67.4 Å². The Hall–Kier alpha value is -2.18. The predicted molar refractivity (Wildman–Crippen MR) is 120 cm³/mol. The molecule has 3 rings (SSSR count). The van der Waals surface area contributed by atoms with Crippen LogP contribution in [0.1, 0.15) is 48.8 Å². The number of benzene rings is 2. The van der Waals surface area contributed by atoms with Gasteiger partial charge in [-0.3, -0.25) is 0 Å². The van der Waals surface area contributed by atoms with Crippen LogP contribution in [0.25, 0.3) is 0 Å². The van der Waals surface area contributed by atoms with E-state index in [1.54, 1.807) is 12.3 Å². The lowest BCUT2D eigenvalue weighted by Gasteiger charge is -2.21. The molecule has 0 radical (unpaired) electrons. The summed E-state index contributed by atoms with van der Waals surface area (Å²) in [6.07, 6.45) is 7.96. The number of nitrogens with two attached hydrogens (primary N) is 1. The third-order valence-corrected chi connectivity index (χ3v) is 5.88. The molecule has 0 aromatic heterocycles. The molecule has 4 nitrogen and oxygen atoms in total. The minimum absolute atomic E-state index is 0.278. The molecule has 2 aromatic rings. The van der Waals surface area contributed by atoms with Gasteiger partial charge in [0.2, 0.25) is 0 Å². The lowest BCUT2D eigenvalue weighted by atomic mass is 9.90. The first-order chi connectivity index (χ1) is 14.2. The van der Waals surface area contributed by atoms with Crippen molar-refractivity contribution in [1.29, 1.82) is 0 Å². The van der Waals surface area contributed by atoms with Crippen LogP contribution in [0.15, 0.2) is 58.7 Å². The summed E-state index contributed by atoms with van der Waals surface area (Å²) in [4.78, 5) is 0. The van der Waals surface area contributed by atoms with Gasteiger partial charge >= 0.3 is 0 Å². The average molecular weight is 414 g/mol. The van der Waals surface area contributed by atoms with Crippen LogP contribution >= 0.6 is 11.8 Å². The summed E-state index contributed by atoms with van der Waals surface area (Å²) >= 11 is 1.43. The quantitative estimate of drug-likeness (QED) is 0.353. The maximum absolute atomic E-state index is 13.7. The summed E-state index contributed by atoms with van der Waals surface area (Å²) in [5.41, 5.74) is 8.67. The van der Waals surface area contributed by atoms with Gasteiger partial charge in [-0.05, 0) is 42.0 Å². The van der Waals surface area contributed by atoms with Gasteiger partial charge in [0.15, 0.2) is 5.17 Å². The minimum atomic E-state index is -0.278. The van der Waals surface area contributed by atoms with E-state index in [1.807, 2.05) is 30.3 Å². The number of amidine groups is 1. The summed E-state index contributed by atoms with van der Waals surface area (Å²) in [5, 5.41) is 8.52. The highest BCUT2D eigenvalue weighted by atomic mass is 32.2. The van der Waals surface area contributed by atoms with Gasteiger partial charge < -0.3 is 10.5 Å². The zero-order valence-corrected chi connectivity index (χ0v) is 17.4. The molecule has 0 atom stereocenters. The minimum Gasteiger partial charge on any atom is -0.377 e. The maximum atomic E-state index is 13.7. The number of hydrogen-bond acceptors (Lipinski definition) is 4. The number of hydrogen-bond donors (Lipinski definition) is 1. The van der Waals surface area contributed by atoms with Crippen molar-refractivity contribution in [3.63, 3.8) is 0 Å². The van der Waals surface area contributed by atoms with Gasteiger partial charge in [-0.25, -0.2) is 4.39 Å². The topological polar surface area (TPSA) is 60.0 Å². The van der Waals surface area contributed by atoms with E-state index in [2.05, 4.69) is 10.2 Å². The molecule has 2 N–H and O–H groups in total. The van der Waals surface area contributed by atoms with E-state index in [-0.39, 0.29) is 5.82 Å². The lowest BCUT2D eigenvalue weighted by Crippen LogP contribution is -2.13. The van der Waals surface area contributed by atoms with Crippen molar-refractivity contribution in [3.05, 3.63) is 71.0 Å². The van der Waals surface area contributed by atoms with Crippen LogP contribution in [0.2, 0.25) is 0 Å². The van der Waals surface area contributed by atoms with Crippen LogP contribution in [-0.4, -0.2) is 18.0 Å². The first-order valence-corrected chi connectivity index (χ1v) is 11.1. The third kappa shape index (κ3) is 7.63. The van der Waals surface area contributed by atoms with Crippen molar-refractivity contribution < 1.29 is 9.13 Å². The van der Waals surface area contributed by atoms with E-state index in [9.17, 15) is 4.39 Å². The fourth-order valence-electron chi connectivity index (χ4n) is 3.42. The van der Waals surface area contributed by atoms with Crippen molar-refractivity contribution >= 4 is 23.1 Å². The largest absolute Gasteiger partial charge is 0.377 e. The van der Waals surface area contributed by atoms with E-state index in [0.29, 0.717) is 17.7 Å². The number of halogens is 1. The van der Waals surface area contributed by atoms with Crippen molar-refractivity contribution in [2.24, 2.45) is 21.9 Å². The molecule has 6 heteroatoms. The molecule has 29 heavy (non-hydrogen) atoms. The van der Waals surface area contributed by atoms with Crippen LogP contribution in [0.3, 0.4) is 0 Å². The van der Waals surface area contributed by atoms with E-state index < -0.39 is 0 Å². The van der Waals surface area contributed by atoms with Crippen molar-refractivity contribution in [2.75, 3.05) is 6.61 Å². The molecule has 0 amide bonds. The van der Waals surface area contributed by atoms with Crippen LogP contribution in [-0.2, 0) is 17.1 Å². The van der Waals surface area contributed by atoms with Crippen molar-refractivity contribution in [1.82, 2.24) is 0 Å². The van der Waals surface area contributed by atoms with Crippen molar-refractivity contribution in [3.8, 4) is 0 Å². The Kier molecular flexibility index (Phi) is 8.71. The molecule has 0 saturated heterocycles. The fourth-order valence-corrected chi connectivity index (χ4v) is 4.03. The van der Waals surface area contributed by atoms with E-state index >= 15 is 0 Å². The first-order valence-electron chi connectivity index (χ1n) is 10.1. The first kappa shape index (κ1) is 21.5. The Balaban J connectivity index is 1.53. The number of nitrogens with zero attached hydrogens (tertiary/aromatic N) is 2. The summed E-state index contributed by atoms with van der Waals surface area (Å²) in [7, 11) is 0. The van der Waals surface area contributed by atoms with Gasteiger partial charge in [0, 0.05) is 17.9 Å². The van der Waals surface area contributed by atoms with Gasteiger partial charge in [0.05, 0.1) is 12.8 Å². The summed E-state index contributed by atoms with van der Waals surface area (Å²) in [5.74, 6) is 1.09. The van der Waals surface area contributed by atoms with Crippen molar-refractivity contribution in [2.45, 2.75) is 44.5 Å². The smallest absolute Gasteiger partial charge is 0.180 e. The average Bonchev–Trinajstić information content (AvgIpc) is 2.75. The monoisotopic (exact) mass is 413 g/mol. The molecule has 154 valence electrons. The van der Waals surface area contributed by atoms with Gasteiger partial charge in [-0.2, -0.15) is 5.10 Å². The summed E-state index contributed by atoms with van der Waals surface area (Å²) in [6, 6.07) is 14.7. The normalized spacial score (nSPS) is 15.8. The molecule has 0 unspecified atom stereocenters. The van der Waals surface area contributed by atoms with Crippen LogP contribution < -0.4 is 5.73 Å². The second-order valence-electron chi connectivity index (χ2n) is 7.32. The van der Waals surface area contributed by atoms with Crippen LogP contribution in [0.4, 0.5) is 4.39 Å². The standard InChI is InChI=1S/C23H28FN3OS/c24-22-12-11-20(21(13-22)16-28-15-18-7-3-1-4-8-18)14-26-27-23(25)29-17-19-9-5-2-6-10-19/h2,5-6,9-14,18H,1,3-4,7-8,15-17H2,(H2,25,27). The molecule has 0 spiro atoms. The predicted octanol–water partition coefficient (Wildman–Crippen LogP) is 5.50. The molecule has 1 fully saturated rings. The molecule has 1 saturated carbocycles. The summed E-state index contributed by atoms with van der Waals surface area (Å²) in [6.45, 7) is 1.10. The Labute approximate surface area is 176 Å². The second-order valence-corrected chi connectivity index (χ2v) is 8.32. The molecule has 0 heterocycles. The zero-order valence-electron chi connectivity index (χ0n) is 16.6. The van der Waals surface area contributed by atoms with Crippen LogP contribution in [0.5, 0.6) is 0 Å². The highest BCUT2D eigenvalue weighted by molar-refractivity contribution is 8.13. The molecule has 1 aliphatic rings. The highest BCUT2D eigenvalue weighted by Gasteiger charge is 2.13.